The number of methoxy groups -OCH3 is 1. The van der Waals surface area contributed by atoms with Crippen molar-refractivity contribution in [2.45, 2.75) is 12.8 Å². The second-order valence-electron chi connectivity index (χ2n) is 6.25. The Morgan fingerprint density at radius 3 is 2.03 bits per heavy atom. The second kappa shape index (κ2) is 17.7. The molecule has 17 heteroatoms. The van der Waals surface area contributed by atoms with Gasteiger partial charge >= 0.3 is 29.8 Å². The van der Waals surface area contributed by atoms with E-state index in [2.05, 4.69) is 44.5 Å². The summed E-state index contributed by atoms with van der Waals surface area (Å²) in [6, 6.07) is 0. The Hall–Kier alpha value is -4.67. The summed E-state index contributed by atoms with van der Waals surface area (Å²) in [6.07, 6.45) is 3.12. The Labute approximate surface area is 212 Å². The highest BCUT2D eigenvalue weighted by Gasteiger charge is 2.10. The zero-order chi connectivity index (χ0) is 27.5. The summed E-state index contributed by atoms with van der Waals surface area (Å²) in [5.74, 6) is -5.69. The number of hydrogen-bond donors (Lipinski definition) is 2. The first-order valence-corrected chi connectivity index (χ1v) is 11.0. The fraction of sp³-hybridized carbons (Fsp3) is 0.350. The summed E-state index contributed by atoms with van der Waals surface area (Å²) < 4.78 is 22.7. The zero-order valence-corrected chi connectivity index (χ0v) is 20.1. The van der Waals surface area contributed by atoms with E-state index >= 15 is 0 Å². The normalized spacial score (nSPS) is 10.4. The summed E-state index contributed by atoms with van der Waals surface area (Å²) in [5, 5.41) is 12.0. The van der Waals surface area contributed by atoms with Crippen molar-refractivity contribution in [1.29, 1.82) is 0 Å². The fourth-order valence-corrected chi connectivity index (χ4v) is 2.34. The number of carbonyl (C=O) groups is 7. The van der Waals surface area contributed by atoms with Gasteiger partial charge in [0.25, 0.3) is 11.8 Å². The van der Waals surface area contributed by atoms with Gasteiger partial charge in [0.2, 0.25) is 11.9 Å². The van der Waals surface area contributed by atoms with Crippen molar-refractivity contribution in [3.63, 3.8) is 0 Å². The molecule has 0 unspecified atom stereocenters. The maximum absolute atomic E-state index is 11.6. The van der Waals surface area contributed by atoms with Crippen LogP contribution in [-0.2, 0) is 57.2 Å². The number of esters is 5. The third kappa shape index (κ3) is 15.8. The first kappa shape index (κ1) is 30.4. The van der Waals surface area contributed by atoms with E-state index in [9.17, 15) is 33.6 Å². The molecule has 0 aliphatic heterocycles. The van der Waals surface area contributed by atoms with Crippen LogP contribution < -0.4 is 10.6 Å². The molecule has 0 aliphatic rings. The molecule has 1 heterocycles. The third-order valence-electron chi connectivity index (χ3n) is 3.51. The summed E-state index contributed by atoms with van der Waals surface area (Å²) in [7, 11) is 1.13. The summed E-state index contributed by atoms with van der Waals surface area (Å²) in [4.78, 5) is 79.7. The number of amides is 2. The standard InChI is InChI=1S/C20H22N4O12S/c1-32-15(27)4-5-17(29)33-9-13(25)21-8-2-3-16(28)35-12-36-19(31)7-6-18(30)34-10-14(26)23-20-24-22-11-37-20/h4-7,11H,2-3,8-10,12H2,1H3,(H,21,25)(H,23,24,26)/b5-4+,7-6+. The number of carbonyl (C=O) groups excluding carboxylic acids is 7. The number of anilines is 1. The molecule has 0 radical (unpaired) electrons. The number of ether oxygens (including phenoxy) is 5. The molecule has 0 aliphatic carbocycles. The lowest BCUT2D eigenvalue weighted by molar-refractivity contribution is -0.164. The average Bonchev–Trinajstić information content (AvgIpc) is 3.38. The van der Waals surface area contributed by atoms with Crippen LogP contribution in [0.2, 0.25) is 0 Å². The fourth-order valence-electron chi connectivity index (χ4n) is 1.88. The average molecular weight is 542 g/mol. The van der Waals surface area contributed by atoms with Gasteiger partial charge in [-0.15, -0.1) is 10.2 Å². The monoisotopic (exact) mass is 542 g/mol. The maximum Gasteiger partial charge on any atom is 0.333 e. The molecule has 0 spiro atoms. The van der Waals surface area contributed by atoms with E-state index in [1.807, 2.05) is 0 Å². The van der Waals surface area contributed by atoms with Crippen LogP contribution in [-0.4, -0.2) is 85.5 Å². The molecule has 0 atom stereocenters. The van der Waals surface area contributed by atoms with Crippen LogP contribution in [0.3, 0.4) is 0 Å². The first-order chi connectivity index (χ1) is 17.7. The van der Waals surface area contributed by atoms with Crippen LogP contribution >= 0.6 is 11.3 Å². The minimum absolute atomic E-state index is 0.0624. The van der Waals surface area contributed by atoms with Crippen LogP contribution in [0.25, 0.3) is 0 Å². The van der Waals surface area contributed by atoms with Gasteiger partial charge in [-0.3, -0.25) is 19.7 Å². The number of nitrogens with one attached hydrogen (secondary N) is 2. The van der Waals surface area contributed by atoms with E-state index in [-0.39, 0.29) is 24.5 Å². The lowest BCUT2D eigenvalue weighted by Crippen LogP contribution is -2.29. The van der Waals surface area contributed by atoms with Crippen molar-refractivity contribution in [2.75, 3.05) is 39.0 Å². The Balaban J connectivity index is 2.08. The third-order valence-corrected chi connectivity index (χ3v) is 4.12. The van der Waals surface area contributed by atoms with E-state index in [1.165, 1.54) is 5.51 Å². The highest BCUT2D eigenvalue weighted by Crippen LogP contribution is 2.07. The highest BCUT2D eigenvalue weighted by molar-refractivity contribution is 7.13. The van der Waals surface area contributed by atoms with Gasteiger partial charge in [0.15, 0.2) is 13.2 Å². The minimum atomic E-state index is -1.01. The molecule has 37 heavy (non-hydrogen) atoms. The summed E-state index contributed by atoms with van der Waals surface area (Å²) in [5.41, 5.74) is 1.40. The van der Waals surface area contributed by atoms with Crippen LogP contribution in [0, 0.1) is 0 Å². The Kier molecular flexibility index (Phi) is 14.5. The van der Waals surface area contributed by atoms with Crippen LogP contribution in [0.15, 0.2) is 29.8 Å². The zero-order valence-electron chi connectivity index (χ0n) is 19.3. The SMILES string of the molecule is COC(=O)/C=C/C(=O)OCC(=O)NCCCC(=O)OCOC(=O)/C=C/C(=O)OCC(=O)Nc1nncs1. The van der Waals surface area contributed by atoms with E-state index in [0.29, 0.717) is 6.08 Å². The van der Waals surface area contributed by atoms with Crippen LogP contribution in [0.1, 0.15) is 12.8 Å². The molecule has 0 saturated carbocycles. The number of aromatic nitrogens is 2. The van der Waals surface area contributed by atoms with Gasteiger partial charge in [0, 0.05) is 37.3 Å². The van der Waals surface area contributed by atoms with E-state index in [0.717, 1.165) is 36.7 Å². The van der Waals surface area contributed by atoms with Gasteiger partial charge in [-0.2, -0.15) is 0 Å². The molecule has 2 N–H and O–H groups in total. The van der Waals surface area contributed by atoms with Crippen molar-refractivity contribution in [2.24, 2.45) is 0 Å². The van der Waals surface area contributed by atoms with Gasteiger partial charge in [0.1, 0.15) is 5.51 Å². The summed E-state index contributed by atoms with van der Waals surface area (Å²) >= 11 is 1.07. The molecular weight excluding hydrogens is 520 g/mol. The molecule has 16 nitrogen and oxygen atoms in total. The Morgan fingerprint density at radius 2 is 1.43 bits per heavy atom. The molecule has 0 bridgehead atoms. The predicted octanol–water partition coefficient (Wildman–Crippen LogP) is -1.21. The van der Waals surface area contributed by atoms with E-state index in [1.54, 1.807) is 0 Å². The van der Waals surface area contributed by atoms with Crippen LogP contribution in [0.5, 0.6) is 0 Å². The molecule has 2 amide bonds. The van der Waals surface area contributed by atoms with Gasteiger partial charge in [-0.25, -0.2) is 19.2 Å². The minimum Gasteiger partial charge on any atom is -0.466 e. The lowest BCUT2D eigenvalue weighted by atomic mass is 10.3. The van der Waals surface area contributed by atoms with E-state index in [4.69, 9.17) is 0 Å². The lowest BCUT2D eigenvalue weighted by Gasteiger charge is -2.06. The van der Waals surface area contributed by atoms with Gasteiger partial charge in [-0.05, 0) is 6.42 Å². The largest absolute Gasteiger partial charge is 0.466 e. The first-order valence-electron chi connectivity index (χ1n) is 10.1. The molecule has 0 aromatic carbocycles. The molecule has 0 fully saturated rings. The van der Waals surface area contributed by atoms with Gasteiger partial charge in [-0.1, -0.05) is 11.3 Å². The predicted molar refractivity (Wildman–Crippen MR) is 120 cm³/mol. The Bertz CT molecular complexity index is 1020. The van der Waals surface area contributed by atoms with E-state index < -0.39 is 61.7 Å². The van der Waals surface area contributed by atoms with Crippen molar-refractivity contribution in [3.05, 3.63) is 29.8 Å². The van der Waals surface area contributed by atoms with Crippen molar-refractivity contribution < 1.29 is 57.2 Å². The molecular formula is C20H22N4O12S. The smallest absolute Gasteiger partial charge is 0.333 e. The molecule has 1 aromatic heterocycles. The van der Waals surface area contributed by atoms with Crippen molar-refractivity contribution in [1.82, 2.24) is 15.5 Å². The van der Waals surface area contributed by atoms with Gasteiger partial charge in [0.05, 0.1) is 7.11 Å². The molecule has 0 saturated heterocycles. The van der Waals surface area contributed by atoms with Crippen molar-refractivity contribution >= 4 is 58.1 Å². The number of rotatable bonds is 15. The molecule has 1 rings (SSSR count). The quantitative estimate of drug-likeness (QED) is 0.0874. The highest BCUT2D eigenvalue weighted by atomic mass is 32.1. The molecule has 200 valence electrons. The van der Waals surface area contributed by atoms with Crippen LogP contribution in [0.4, 0.5) is 5.13 Å². The second-order valence-corrected chi connectivity index (χ2v) is 7.08. The number of hydrogen-bond acceptors (Lipinski definition) is 15. The van der Waals surface area contributed by atoms with Crippen molar-refractivity contribution in [3.8, 4) is 0 Å². The topological polar surface area (TPSA) is 215 Å². The Morgan fingerprint density at radius 1 is 0.838 bits per heavy atom. The summed E-state index contributed by atoms with van der Waals surface area (Å²) in [6.45, 7) is -1.87. The molecule has 1 aromatic rings. The maximum atomic E-state index is 11.6. The van der Waals surface area contributed by atoms with Gasteiger partial charge < -0.3 is 29.0 Å². The number of nitrogens with zero attached hydrogens (tertiary/aromatic N) is 2.